The fraction of sp³-hybridized carbons (Fsp3) is 0.0385. The van der Waals surface area contributed by atoms with E-state index in [0.717, 1.165) is 21.3 Å². The normalized spacial score (nSPS) is 11.4. The van der Waals surface area contributed by atoms with Gasteiger partial charge in [0.1, 0.15) is 12.4 Å². The summed E-state index contributed by atoms with van der Waals surface area (Å²) in [5.41, 5.74) is 3.07. The van der Waals surface area contributed by atoms with E-state index in [9.17, 15) is 5.26 Å². The van der Waals surface area contributed by atoms with Crippen LogP contribution in [-0.2, 0) is 6.61 Å². The van der Waals surface area contributed by atoms with Gasteiger partial charge in [-0.25, -0.2) is 0 Å². The second-order valence-electron chi connectivity index (χ2n) is 6.91. The van der Waals surface area contributed by atoms with Crippen molar-refractivity contribution in [3.63, 3.8) is 0 Å². The molecule has 0 bridgehead atoms. The molecule has 0 spiro atoms. The first kappa shape index (κ1) is 21.5. The molecule has 31 heavy (non-hydrogen) atoms. The molecule has 0 aliphatic carbocycles. The lowest BCUT2D eigenvalue weighted by molar-refractivity contribution is 0.305. The summed E-state index contributed by atoms with van der Waals surface area (Å²) in [6, 6.07) is 27.5. The maximum atomic E-state index is 9.61. The van der Waals surface area contributed by atoms with Gasteiger partial charge in [0.25, 0.3) is 0 Å². The van der Waals surface area contributed by atoms with Crippen LogP contribution in [0.25, 0.3) is 22.4 Å². The summed E-state index contributed by atoms with van der Waals surface area (Å²) in [5.74, 6) is 0.730. The molecule has 0 aliphatic rings. The Bertz CT molecular complexity index is 1340. The highest BCUT2D eigenvalue weighted by atomic mass is 79.9. The second kappa shape index (κ2) is 9.58. The number of nitriles is 1. The highest BCUT2D eigenvalue weighted by Crippen LogP contribution is 2.31. The molecule has 0 saturated heterocycles. The molecular formula is C26H16BrCl2NO. The molecule has 0 unspecified atom stereocenters. The van der Waals surface area contributed by atoms with E-state index in [1.54, 1.807) is 24.3 Å². The van der Waals surface area contributed by atoms with Crippen LogP contribution in [0.5, 0.6) is 5.75 Å². The minimum atomic E-state index is 0.439. The fourth-order valence-electron chi connectivity index (χ4n) is 3.34. The zero-order chi connectivity index (χ0) is 21.8. The summed E-state index contributed by atoms with van der Waals surface area (Å²) in [5, 5.41) is 12.9. The van der Waals surface area contributed by atoms with Gasteiger partial charge < -0.3 is 4.74 Å². The van der Waals surface area contributed by atoms with E-state index >= 15 is 0 Å². The predicted molar refractivity (Wildman–Crippen MR) is 132 cm³/mol. The summed E-state index contributed by atoms with van der Waals surface area (Å²) >= 11 is 15.8. The van der Waals surface area contributed by atoms with Crippen molar-refractivity contribution in [1.29, 1.82) is 5.26 Å². The molecule has 0 N–H and O–H groups in total. The molecule has 4 rings (SSSR count). The highest BCUT2D eigenvalue weighted by molar-refractivity contribution is 9.10. The van der Waals surface area contributed by atoms with Gasteiger partial charge in [0, 0.05) is 10.6 Å². The van der Waals surface area contributed by atoms with Crippen molar-refractivity contribution in [3.8, 4) is 11.8 Å². The summed E-state index contributed by atoms with van der Waals surface area (Å²) in [6.45, 7) is 0.457. The van der Waals surface area contributed by atoms with Gasteiger partial charge in [-0.05, 0) is 68.2 Å². The SMILES string of the molecule is N#C/C(=C\c1ccc(OCc2cccc3ccccc23)c(Br)c1)c1ccc(Cl)cc1Cl. The van der Waals surface area contributed by atoms with Crippen LogP contribution in [0.15, 0.2) is 83.3 Å². The van der Waals surface area contributed by atoms with Gasteiger partial charge >= 0.3 is 0 Å². The number of hydrogen-bond acceptors (Lipinski definition) is 2. The molecule has 0 fully saturated rings. The topological polar surface area (TPSA) is 33.0 Å². The minimum Gasteiger partial charge on any atom is -0.488 e. The van der Waals surface area contributed by atoms with Crippen molar-refractivity contribution in [3.05, 3.63) is 110 Å². The van der Waals surface area contributed by atoms with Gasteiger partial charge in [0.05, 0.1) is 21.1 Å². The molecule has 0 saturated carbocycles. The Morgan fingerprint density at radius 2 is 1.77 bits per heavy atom. The molecule has 0 atom stereocenters. The summed E-state index contributed by atoms with van der Waals surface area (Å²) in [4.78, 5) is 0. The number of benzene rings is 4. The molecule has 2 nitrogen and oxygen atoms in total. The quantitative estimate of drug-likeness (QED) is 0.200. The number of hydrogen-bond donors (Lipinski definition) is 0. The minimum absolute atomic E-state index is 0.439. The van der Waals surface area contributed by atoms with Crippen molar-refractivity contribution in [2.45, 2.75) is 6.61 Å². The average molecular weight is 509 g/mol. The van der Waals surface area contributed by atoms with Crippen LogP contribution < -0.4 is 4.74 Å². The molecule has 5 heteroatoms. The largest absolute Gasteiger partial charge is 0.488 e. The first-order valence-electron chi connectivity index (χ1n) is 9.51. The van der Waals surface area contributed by atoms with E-state index in [1.807, 2.05) is 36.4 Å². The maximum Gasteiger partial charge on any atom is 0.134 e. The van der Waals surface area contributed by atoms with Crippen molar-refractivity contribution in [1.82, 2.24) is 0 Å². The highest BCUT2D eigenvalue weighted by Gasteiger charge is 2.09. The third kappa shape index (κ3) is 4.94. The molecule has 0 aromatic heterocycles. The number of halogens is 3. The average Bonchev–Trinajstić information content (AvgIpc) is 2.77. The zero-order valence-electron chi connectivity index (χ0n) is 16.3. The van der Waals surface area contributed by atoms with Gasteiger partial charge in [0.15, 0.2) is 0 Å². The first-order valence-corrected chi connectivity index (χ1v) is 11.1. The lowest BCUT2D eigenvalue weighted by atomic mass is 10.0. The molecular weight excluding hydrogens is 493 g/mol. The Labute approximate surface area is 199 Å². The number of fused-ring (bicyclic) bond motifs is 1. The summed E-state index contributed by atoms with van der Waals surface area (Å²) < 4.78 is 6.87. The van der Waals surface area contributed by atoms with Gasteiger partial charge in [-0.1, -0.05) is 77.8 Å². The third-order valence-corrected chi connectivity index (χ3v) is 6.04. The van der Waals surface area contributed by atoms with E-state index in [4.69, 9.17) is 27.9 Å². The summed E-state index contributed by atoms with van der Waals surface area (Å²) in [6.07, 6.45) is 1.79. The van der Waals surface area contributed by atoms with Gasteiger partial charge in [-0.15, -0.1) is 0 Å². The molecule has 0 amide bonds. The number of rotatable bonds is 5. The molecule has 4 aromatic rings. The van der Waals surface area contributed by atoms with E-state index in [-0.39, 0.29) is 0 Å². The molecule has 152 valence electrons. The summed E-state index contributed by atoms with van der Waals surface area (Å²) in [7, 11) is 0. The predicted octanol–water partition coefficient (Wildman–Crippen LogP) is 8.55. The molecule has 0 aliphatic heterocycles. The van der Waals surface area contributed by atoms with Crippen LogP contribution in [0, 0.1) is 11.3 Å². The Morgan fingerprint density at radius 1 is 0.968 bits per heavy atom. The Morgan fingerprint density at radius 3 is 2.55 bits per heavy atom. The Kier molecular flexibility index (Phi) is 6.63. The van der Waals surface area contributed by atoms with Crippen molar-refractivity contribution < 1.29 is 4.74 Å². The van der Waals surface area contributed by atoms with Crippen molar-refractivity contribution in [2.24, 2.45) is 0 Å². The first-order chi connectivity index (χ1) is 15.0. The van der Waals surface area contributed by atoms with Crippen LogP contribution in [-0.4, -0.2) is 0 Å². The van der Waals surface area contributed by atoms with Crippen LogP contribution in [0.2, 0.25) is 10.0 Å². The number of nitrogens with zero attached hydrogens (tertiary/aromatic N) is 1. The van der Waals surface area contributed by atoms with Crippen molar-refractivity contribution in [2.75, 3.05) is 0 Å². The monoisotopic (exact) mass is 507 g/mol. The fourth-order valence-corrected chi connectivity index (χ4v) is 4.36. The zero-order valence-corrected chi connectivity index (χ0v) is 19.4. The van der Waals surface area contributed by atoms with E-state index < -0.39 is 0 Å². The molecule has 4 aromatic carbocycles. The Hall–Kier alpha value is -2.77. The third-order valence-electron chi connectivity index (χ3n) is 4.87. The van der Waals surface area contributed by atoms with Crippen molar-refractivity contribution >= 4 is 61.6 Å². The van der Waals surface area contributed by atoms with Crippen LogP contribution >= 0.6 is 39.1 Å². The standard InChI is InChI=1S/C26H16BrCl2NO/c27-24-13-17(12-20(15-30)23-10-9-21(28)14-25(23)29)8-11-26(24)31-16-19-6-3-5-18-4-1-2-7-22(18)19/h1-14H,16H2/b20-12+. The molecule has 0 heterocycles. The molecule has 0 radical (unpaired) electrons. The van der Waals surface area contributed by atoms with Gasteiger partial charge in [0.2, 0.25) is 0 Å². The van der Waals surface area contributed by atoms with Crippen LogP contribution in [0.4, 0.5) is 0 Å². The lowest BCUT2D eigenvalue weighted by Crippen LogP contribution is -1.97. The lowest BCUT2D eigenvalue weighted by Gasteiger charge is -2.11. The van der Waals surface area contributed by atoms with E-state index in [1.165, 1.54) is 10.8 Å². The number of ether oxygens (including phenoxy) is 1. The second-order valence-corrected chi connectivity index (χ2v) is 8.61. The van der Waals surface area contributed by atoms with Crippen LogP contribution in [0.1, 0.15) is 16.7 Å². The van der Waals surface area contributed by atoms with Crippen LogP contribution in [0.3, 0.4) is 0 Å². The Balaban J connectivity index is 1.56. The maximum absolute atomic E-state index is 9.61. The smallest absolute Gasteiger partial charge is 0.134 e. The van der Waals surface area contributed by atoms with E-state index in [2.05, 4.69) is 46.3 Å². The van der Waals surface area contributed by atoms with Gasteiger partial charge in [-0.2, -0.15) is 5.26 Å². The van der Waals surface area contributed by atoms with Gasteiger partial charge in [-0.3, -0.25) is 0 Å². The number of allylic oxidation sites excluding steroid dienone is 1. The van der Waals surface area contributed by atoms with E-state index in [0.29, 0.717) is 27.8 Å².